The maximum Gasteiger partial charge on any atom is 0.248 e. The van der Waals surface area contributed by atoms with Crippen molar-refractivity contribution in [3.63, 3.8) is 0 Å². The first kappa shape index (κ1) is 29.3. The highest BCUT2D eigenvalue weighted by molar-refractivity contribution is 8.02. The number of benzene rings is 1. The van der Waals surface area contributed by atoms with Gasteiger partial charge in [0.25, 0.3) is 0 Å². The molecule has 0 radical (unpaired) electrons. The molecule has 220 valence electrons. The lowest BCUT2D eigenvalue weighted by atomic mass is 9.70. The summed E-state index contributed by atoms with van der Waals surface area (Å²) in [6.07, 6.45) is 5.31. The largest absolute Gasteiger partial charge is 0.394 e. The van der Waals surface area contributed by atoms with Gasteiger partial charge in [-0.2, -0.15) is 0 Å². The first-order chi connectivity index (χ1) is 19.7. The third kappa shape index (κ3) is 4.86. The number of rotatable bonds is 12. The zero-order chi connectivity index (χ0) is 29.5. The average molecular weight is 581 g/mol. The molecular formula is C30H40N6O4S. The minimum atomic E-state index is -0.817. The van der Waals surface area contributed by atoms with Crippen molar-refractivity contribution in [2.75, 3.05) is 26.7 Å². The first-order valence-corrected chi connectivity index (χ1v) is 15.2. The zero-order valence-electron chi connectivity index (χ0n) is 24.1. The first-order valence-electron chi connectivity index (χ1n) is 14.3. The number of carbonyl (C=O) groups excluding carboxylic acids is 3. The minimum Gasteiger partial charge on any atom is -0.394 e. The van der Waals surface area contributed by atoms with E-state index in [1.54, 1.807) is 50.3 Å². The van der Waals surface area contributed by atoms with E-state index in [4.69, 9.17) is 0 Å². The number of carbonyl (C=O) groups is 3. The summed E-state index contributed by atoms with van der Waals surface area (Å²) in [6.45, 7) is 12.2. The molecule has 4 heterocycles. The predicted octanol–water partition coefficient (Wildman–Crippen LogP) is 2.55. The van der Waals surface area contributed by atoms with E-state index in [1.807, 2.05) is 38.1 Å². The Kier molecular flexibility index (Phi) is 8.29. The summed E-state index contributed by atoms with van der Waals surface area (Å²) in [5.74, 6) is -1.46. The maximum absolute atomic E-state index is 14.7. The van der Waals surface area contributed by atoms with E-state index in [1.165, 1.54) is 0 Å². The summed E-state index contributed by atoms with van der Waals surface area (Å²) in [7, 11) is 1.73. The quantitative estimate of drug-likeness (QED) is 0.384. The van der Waals surface area contributed by atoms with Crippen LogP contribution in [0.4, 0.5) is 0 Å². The van der Waals surface area contributed by atoms with Crippen molar-refractivity contribution in [2.24, 2.45) is 17.8 Å². The van der Waals surface area contributed by atoms with Crippen LogP contribution in [0.1, 0.15) is 33.1 Å². The van der Waals surface area contributed by atoms with Crippen molar-refractivity contribution in [3.8, 4) is 0 Å². The van der Waals surface area contributed by atoms with Crippen LogP contribution < -0.4 is 0 Å². The number of hydrogen-bond acceptors (Lipinski definition) is 7. The number of aromatic nitrogens is 3. The van der Waals surface area contributed by atoms with E-state index in [0.29, 0.717) is 19.4 Å². The van der Waals surface area contributed by atoms with Crippen molar-refractivity contribution in [1.29, 1.82) is 0 Å². The average Bonchev–Trinajstić information content (AvgIpc) is 3.70. The molecular weight excluding hydrogens is 540 g/mol. The molecule has 1 aromatic carbocycles. The highest BCUT2D eigenvalue weighted by atomic mass is 32.2. The van der Waals surface area contributed by atoms with Crippen molar-refractivity contribution < 1.29 is 19.5 Å². The Morgan fingerprint density at radius 1 is 1.22 bits per heavy atom. The summed E-state index contributed by atoms with van der Waals surface area (Å²) in [6, 6.07) is 6.21. The van der Waals surface area contributed by atoms with Crippen molar-refractivity contribution in [1.82, 2.24) is 29.7 Å². The zero-order valence-corrected chi connectivity index (χ0v) is 24.9. The Bertz CT molecular complexity index is 1350. The summed E-state index contributed by atoms with van der Waals surface area (Å²) in [4.78, 5) is 47.8. The van der Waals surface area contributed by atoms with Gasteiger partial charge in [0.1, 0.15) is 18.2 Å². The summed E-state index contributed by atoms with van der Waals surface area (Å²) < 4.78 is 0.933. The molecule has 3 fully saturated rings. The molecule has 2 aromatic rings. The SMILES string of the molecule is C=CCN(C)C(=O)[C@@H]1[C@@H]2CCC3(S2)C(C(=O)N(CC=C)Cn2nnc4ccccc42)N([C@@H](CO)CC(C)C)C(=O)[C@H]13. The molecule has 0 aliphatic carbocycles. The molecule has 3 saturated heterocycles. The predicted molar refractivity (Wildman–Crippen MR) is 159 cm³/mol. The van der Waals surface area contributed by atoms with Gasteiger partial charge in [0.05, 0.1) is 34.7 Å². The number of likely N-dealkylation sites (tertiary alicyclic amines) is 1. The van der Waals surface area contributed by atoms with E-state index >= 15 is 0 Å². The van der Waals surface area contributed by atoms with Gasteiger partial charge < -0.3 is 19.8 Å². The summed E-state index contributed by atoms with van der Waals surface area (Å²) >= 11 is 1.63. The van der Waals surface area contributed by atoms with E-state index in [2.05, 4.69) is 23.5 Å². The Morgan fingerprint density at radius 3 is 2.63 bits per heavy atom. The Hall–Kier alpha value is -3.18. The van der Waals surface area contributed by atoms with Crippen molar-refractivity contribution >= 4 is 40.5 Å². The highest BCUT2D eigenvalue weighted by Gasteiger charge is 2.74. The molecule has 10 nitrogen and oxygen atoms in total. The third-order valence-corrected chi connectivity index (χ3v) is 10.7. The van der Waals surface area contributed by atoms with Gasteiger partial charge in [-0.3, -0.25) is 14.4 Å². The molecule has 1 spiro atoms. The Morgan fingerprint density at radius 2 is 1.95 bits per heavy atom. The van der Waals surface area contributed by atoms with E-state index in [0.717, 1.165) is 17.5 Å². The lowest BCUT2D eigenvalue weighted by Crippen LogP contribution is -2.57. The molecule has 3 amide bonds. The lowest BCUT2D eigenvalue weighted by molar-refractivity contribution is -0.147. The van der Waals surface area contributed by atoms with Crippen LogP contribution >= 0.6 is 11.8 Å². The molecule has 3 aliphatic rings. The van der Waals surface area contributed by atoms with Crippen LogP contribution in [0.5, 0.6) is 0 Å². The van der Waals surface area contributed by atoms with Gasteiger partial charge in [-0.25, -0.2) is 4.68 Å². The third-order valence-electron chi connectivity index (χ3n) is 8.77. The second kappa shape index (κ2) is 11.6. The van der Waals surface area contributed by atoms with Gasteiger partial charge in [-0.1, -0.05) is 43.3 Å². The van der Waals surface area contributed by atoms with Gasteiger partial charge in [-0.15, -0.1) is 30.0 Å². The van der Waals surface area contributed by atoms with Gasteiger partial charge in [0.2, 0.25) is 17.7 Å². The molecule has 5 rings (SSSR count). The molecule has 41 heavy (non-hydrogen) atoms. The molecule has 6 atom stereocenters. The maximum atomic E-state index is 14.7. The van der Waals surface area contributed by atoms with Crippen LogP contribution in [0.25, 0.3) is 11.0 Å². The molecule has 0 saturated carbocycles. The van der Waals surface area contributed by atoms with Crippen LogP contribution in [-0.4, -0.2) is 101 Å². The number of hydrogen-bond donors (Lipinski definition) is 1. The lowest BCUT2D eigenvalue weighted by Gasteiger charge is -2.40. The molecule has 1 aromatic heterocycles. The van der Waals surface area contributed by atoms with Crippen LogP contribution in [0, 0.1) is 17.8 Å². The fourth-order valence-corrected chi connectivity index (χ4v) is 9.33. The number of aliphatic hydroxyl groups is 1. The fourth-order valence-electron chi connectivity index (χ4n) is 7.13. The van der Waals surface area contributed by atoms with Gasteiger partial charge in [0, 0.05) is 25.4 Å². The van der Waals surface area contributed by atoms with E-state index in [9.17, 15) is 19.5 Å². The van der Waals surface area contributed by atoms with Crippen molar-refractivity contribution in [2.45, 2.75) is 61.9 Å². The van der Waals surface area contributed by atoms with Gasteiger partial charge in [-0.05, 0) is 37.3 Å². The van der Waals surface area contributed by atoms with Crippen molar-refractivity contribution in [3.05, 3.63) is 49.6 Å². The van der Waals surface area contributed by atoms with Gasteiger partial charge >= 0.3 is 0 Å². The fraction of sp³-hybridized carbons (Fsp3) is 0.567. The second-order valence-corrected chi connectivity index (χ2v) is 13.4. The molecule has 2 unspecified atom stereocenters. The number of thioether (sulfide) groups is 1. The normalized spacial score (nSPS) is 27.3. The topological polar surface area (TPSA) is 112 Å². The molecule has 2 bridgehead atoms. The Labute approximate surface area is 245 Å². The second-order valence-electron chi connectivity index (χ2n) is 11.8. The smallest absolute Gasteiger partial charge is 0.248 e. The summed E-state index contributed by atoms with van der Waals surface area (Å²) in [5.41, 5.74) is 1.52. The summed E-state index contributed by atoms with van der Waals surface area (Å²) in [5, 5.41) is 19.0. The van der Waals surface area contributed by atoms with Crippen LogP contribution in [-0.2, 0) is 21.1 Å². The minimum absolute atomic E-state index is 0.0362. The van der Waals surface area contributed by atoms with Crippen LogP contribution in [0.15, 0.2) is 49.6 Å². The number of nitrogens with zero attached hydrogens (tertiary/aromatic N) is 6. The number of aliphatic hydroxyl groups excluding tert-OH is 1. The standard InChI is InChI=1S/C30H40N6O4S/c1-6-14-33(5)27(38)24-23-12-13-30(41-23)25(24)28(39)36(20(17-37)16-19(3)4)26(30)29(40)34(15-7-2)18-35-22-11-9-8-10-21(22)31-32-35/h6-11,19-20,23-26,37H,1-2,12-18H2,3-5H3/t20-,23+,24-,25+,26?,30?/m1/s1. The van der Waals surface area contributed by atoms with Crippen LogP contribution in [0.2, 0.25) is 0 Å². The number of amides is 3. The number of para-hydroxylation sites is 1. The number of likely N-dealkylation sites (N-methyl/N-ethyl adjacent to an activating group) is 1. The molecule has 1 N–H and O–H groups in total. The van der Waals surface area contributed by atoms with Crippen LogP contribution in [0.3, 0.4) is 0 Å². The molecule has 11 heteroatoms. The Balaban J connectivity index is 1.56. The van der Waals surface area contributed by atoms with E-state index < -0.39 is 28.7 Å². The van der Waals surface area contributed by atoms with E-state index in [-0.39, 0.29) is 48.7 Å². The van der Waals surface area contributed by atoms with Gasteiger partial charge in [0.15, 0.2) is 0 Å². The molecule has 3 aliphatic heterocycles. The number of fused-ring (bicyclic) bond motifs is 2. The monoisotopic (exact) mass is 580 g/mol. The highest BCUT2D eigenvalue weighted by Crippen LogP contribution is 2.67.